The molecule has 0 aliphatic rings. The molecule has 1 heterocycles. The van der Waals surface area contributed by atoms with Crippen molar-refractivity contribution in [2.45, 2.75) is 20.3 Å². The van der Waals surface area contributed by atoms with Crippen molar-refractivity contribution in [2.24, 2.45) is 0 Å². The molecule has 3 aromatic rings. The number of hydrogen-bond donors (Lipinski definition) is 3. The fraction of sp³-hybridized carbons (Fsp3) is 0.125. The van der Waals surface area contributed by atoms with E-state index >= 15 is 0 Å². The zero-order valence-electron chi connectivity index (χ0n) is 17.6. The number of anilines is 2. The van der Waals surface area contributed by atoms with Gasteiger partial charge in [0.15, 0.2) is 5.11 Å². The highest BCUT2D eigenvalue weighted by Crippen LogP contribution is 2.27. The molecule has 1 aromatic heterocycles. The Morgan fingerprint density at radius 1 is 1.06 bits per heavy atom. The third-order valence-corrected chi connectivity index (χ3v) is 5.06. The highest BCUT2D eigenvalue weighted by Gasteiger charge is 2.07. The summed E-state index contributed by atoms with van der Waals surface area (Å²) >= 11 is 11.4. The van der Waals surface area contributed by atoms with E-state index in [1.807, 2.05) is 31.2 Å². The smallest absolute Gasteiger partial charge is 0.250 e. The van der Waals surface area contributed by atoms with E-state index in [9.17, 15) is 9.59 Å². The van der Waals surface area contributed by atoms with Gasteiger partial charge in [-0.05, 0) is 67.2 Å². The van der Waals surface area contributed by atoms with E-state index in [4.69, 9.17) is 28.2 Å². The first-order valence-electron chi connectivity index (χ1n) is 9.90. The molecule has 0 bridgehead atoms. The molecule has 0 saturated carbocycles. The number of amides is 2. The summed E-state index contributed by atoms with van der Waals surface area (Å²) in [4.78, 5) is 23.7. The molecule has 8 heteroatoms. The van der Waals surface area contributed by atoms with Crippen molar-refractivity contribution in [3.63, 3.8) is 0 Å². The van der Waals surface area contributed by atoms with Gasteiger partial charge in [-0.2, -0.15) is 0 Å². The van der Waals surface area contributed by atoms with Crippen molar-refractivity contribution < 1.29 is 14.0 Å². The van der Waals surface area contributed by atoms with Crippen LogP contribution in [0, 0.1) is 6.92 Å². The van der Waals surface area contributed by atoms with Crippen molar-refractivity contribution >= 4 is 58.2 Å². The number of hydrogen-bond acceptors (Lipinski definition) is 4. The summed E-state index contributed by atoms with van der Waals surface area (Å²) in [7, 11) is 0. The number of carbonyl (C=O) groups is 2. The largest absolute Gasteiger partial charge is 0.457 e. The molecular formula is C24H22ClN3O3S. The van der Waals surface area contributed by atoms with E-state index in [0.717, 1.165) is 11.1 Å². The Balaban J connectivity index is 1.56. The zero-order chi connectivity index (χ0) is 23.1. The predicted molar refractivity (Wildman–Crippen MR) is 133 cm³/mol. The third kappa shape index (κ3) is 6.54. The van der Waals surface area contributed by atoms with Gasteiger partial charge < -0.3 is 15.1 Å². The minimum atomic E-state index is -0.408. The fourth-order valence-corrected chi connectivity index (χ4v) is 3.14. The molecule has 6 nitrogen and oxygen atoms in total. The Kier molecular flexibility index (Phi) is 7.81. The van der Waals surface area contributed by atoms with Crippen LogP contribution >= 0.6 is 23.8 Å². The lowest BCUT2D eigenvalue weighted by molar-refractivity contribution is -0.116. The van der Waals surface area contributed by atoms with Crippen LogP contribution in [0.15, 0.2) is 65.1 Å². The van der Waals surface area contributed by atoms with E-state index < -0.39 is 5.91 Å². The Bertz CT molecular complexity index is 1190. The van der Waals surface area contributed by atoms with Gasteiger partial charge in [0.2, 0.25) is 11.8 Å². The maximum Gasteiger partial charge on any atom is 0.250 e. The summed E-state index contributed by atoms with van der Waals surface area (Å²) in [6, 6.07) is 16.3. The molecule has 0 spiro atoms. The van der Waals surface area contributed by atoms with Crippen LogP contribution in [0.25, 0.3) is 17.4 Å². The second-order valence-electron chi connectivity index (χ2n) is 6.93. The zero-order valence-corrected chi connectivity index (χ0v) is 19.1. The van der Waals surface area contributed by atoms with Crippen LogP contribution in [-0.2, 0) is 9.59 Å². The number of halogens is 1. The molecule has 2 amide bonds. The monoisotopic (exact) mass is 467 g/mol. The van der Waals surface area contributed by atoms with Crippen LogP contribution in [0.2, 0.25) is 5.02 Å². The quantitative estimate of drug-likeness (QED) is 0.316. The predicted octanol–water partition coefficient (Wildman–Crippen LogP) is 5.78. The second kappa shape index (κ2) is 10.7. The average Bonchev–Trinajstić information content (AvgIpc) is 3.23. The van der Waals surface area contributed by atoms with Gasteiger partial charge in [-0.3, -0.25) is 14.9 Å². The van der Waals surface area contributed by atoms with Gasteiger partial charge in [0.05, 0.1) is 0 Å². The number of thiocarbonyl (C=S) groups is 1. The van der Waals surface area contributed by atoms with Crippen molar-refractivity contribution in [1.82, 2.24) is 5.32 Å². The minimum Gasteiger partial charge on any atom is -0.457 e. The van der Waals surface area contributed by atoms with Crippen molar-refractivity contribution in [3.05, 3.63) is 77.0 Å². The Hall–Kier alpha value is -3.42. The van der Waals surface area contributed by atoms with Crippen LogP contribution in [0.5, 0.6) is 0 Å². The molecule has 0 fully saturated rings. The SMILES string of the molecule is CCC(=O)Nc1cccc(NC(=S)NC(=O)C=Cc2ccc(-c3ccc(C)c(Cl)c3)o2)c1. The summed E-state index contributed by atoms with van der Waals surface area (Å²) in [5, 5.41) is 9.05. The number of aryl methyl sites for hydroxylation is 1. The van der Waals surface area contributed by atoms with Crippen LogP contribution in [0.1, 0.15) is 24.7 Å². The number of nitrogens with one attached hydrogen (secondary N) is 3. The molecule has 0 saturated heterocycles. The lowest BCUT2D eigenvalue weighted by Crippen LogP contribution is -2.32. The molecule has 3 N–H and O–H groups in total. The van der Waals surface area contributed by atoms with Gasteiger partial charge in [0.1, 0.15) is 11.5 Å². The molecule has 2 aromatic carbocycles. The van der Waals surface area contributed by atoms with Crippen molar-refractivity contribution in [2.75, 3.05) is 10.6 Å². The van der Waals surface area contributed by atoms with Gasteiger partial charge in [0.25, 0.3) is 0 Å². The first kappa shape index (κ1) is 23.2. The molecule has 0 atom stereocenters. The van der Waals surface area contributed by atoms with Gasteiger partial charge in [-0.15, -0.1) is 0 Å². The Labute approximate surface area is 196 Å². The highest BCUT2D eigenvalue weighted by atomic mass is 35.5. The lowest BCUT2D eigenvalue weighted by Gasteiger charge is -2.10. The van der Waals surface area contributed by atoms with Crippen LogP contribution in [-0.4, -0.2) is 16.9 Å². The van der Waals surface area contributed by atoms with Gasteiger partial charge in [-0.25, -0.2) is 0 Å². The van der Waals surface area contributed by atoms with Gasteiger partial charge in [0, 0.05) is 34.5 Å². The van der Waals surface area contributed by atoms with Crippen molar-refractivity contribution in [1.29, 1.82) is 0 Å². The topological polar surface area (TPSA) is 83.4 Å². The molecule has 0 unspecified atom stereocenters. The van der Waals surface area contributed by atoms with E-state index in [0.29, 0.717) is 34.3 Å². The van der Waals surface area contributed by atoms with E-state index in [2.05, 4.69) is 16.0 Å². The minimum absolute atomic E-state index is 0.0882. The summed E-state index contributed by atoms with van der Waals surface area (Å²) in [6.45, 7) is 3.71. The summed E-state index contributed by atoms with van der Waals surface area (Å²) in [6.07, 6.45) is 3.27. The molecule has 0 radical (unpaired) electrons. The molecule has 32 heavy (non-hydrogen) atoms. The summed E-state index contributed by atoms with van der Waals surface area (Å²) in [5.41, 5.74) is 3.12. The second-order valence-corrected chi connectivity index (χ2v) is 7.74. The molecule has 164 valence electrons. The van der Waals surface area contributed by atoms with Crippen LogP contribution in [0.4, 0.5) is 11.4 Å². The molecule has 3 rings (SSSR count). The Morgan fingerprint density at radius 2 is 1.81 bits per heavy atom. The van der Waals surface area contributed by atoms with Crippen LogP contribution in [0.3, 0.4) is 0 Å². The molecule has 0 aliphatic carbocycles. The average molecular weight is 468 g/mol. The maximum absolute atomic E-state index is 12.2. The first-order chi connectivity index (χ1) is 15.3. The van der Waals surface area contributed by atoms with E-state index in [1.54, 1.807) is 43.3 Å². The highest BCUT2D eigenvalue weighted by molar-refractivity contribution is 7.80. The normalized spacial score (nSPS) is 10.7. The van der Waals surface area contributed by atoms with E-state index in [-0.39, 0.29) is 11.0 Å². The summed E-state index contributed by atoms with van der Waals surface area (Å²) < 4.78 is 5.76. The summed E-state index contributed by atoms with van der Waals surface area (Å²) in [5.74, 6) is 0.674. The van der Waals surface area contributed by atoms with Crippen molar-refractivity contribution in [3.8, 4) is 11.3 Å². The number of benzene rings is 2. The Morgan fingerprint density at radius 3 is 2.53 bits per heavy atom. The lowest BCUT2D eigenvalue weighted by atomic mass is 10.1. The standard InChI is InChI=1S/C24H22ClN3O3S/c1-3-22(29)26-17-5-4-6-18(14-17)27-24(32)28-23(30)12-10-19-9-11-21(31-19)16-8-7-15(2)20(25)13-16/h4-14H,3H2,1-2H3,(H,26,29)(H2,27,28,30,32). The maximum atomic E-state index is 12.2. The molecule has 0 aliphatic heterocycles. The number of rotatable bonds is 6. The molecular weight excluding hydrogens is 446 g/mol. The van der Waals surface area contributed by atoms with E-state index in [1.165, 1.54) is 6.08 Å². The van der Waals surface area contributed by atoms with Gasteiger partial charge in [-0.1, -0.05) is 36.7 Å². The van der Waals surface area contributed by atoms with Crippen LogP contribution < -0.4 is 16.0 Å². The van der Waals surface area contributed by atoms with Gasteiger partial charge >= 0.3 is 0 Å². The third-order valence-electron chi connectivity index (χ3n) is 4.44. The fourth-order valence-electron chi connectivity index (χ4n) is 2.74. The number of furan rings is 1. The first-order valence-corrected chi connectivity index (χ1v) is 10.7. The number of carbonyl (C=O) groups excluding carboxylic acids is 2.